The zero-order valence-corrected chi connectivity index (χ0v) is 33.1. The molecule has 0 amide bonds. The van der Waals surface area contributed by atoms with E-state index in [0.717, 1.165) is 0 Å². The van der Waals surface area contributed by atoms with Gasteiger partial charge in [0, 0.05) is 0 Å². The van der Waals surface area contributed by atoms with E-state index in [1.165, 1.54) is 110 Å². The standard InChI is InChI=1S/C60H40/c1-3-14-41(15-4-1)43-30-33-46(34-31-43)53-37-36-52(60-56-24-11-9-22-54(56)59(47-17-5-2-6-18-47)55-23-10-12-25-57(55)60)40-58(53)51-21-13-20-49(39-51)44-26-28-45(29-27-44)50-35-32-42-16-7-8-19-48(42)38-50/h1-40H. The van der Waals surface area contributed by atoms with Crippen molar-refractivity contribution in [2.45, 2.75) is 0 Å². The van der Waals surface area contributed by atoms with Crippen molar-refractivity contribution in [1.82, 2.24) is 0 Å². The van der Waals surface area contributed by atoms with Crippen LogP contribution < -0.4 is 0 Å². The van der Waals surface area contributed by atoms with Gasteiger partial charge in [-0.25, -0.2) is 0 Å². The molecular formula is C60H40. The molecule has 0 heterocycles. The maximum atomic E-state index is 2.43. The smallest absolute Gasteiger partial charge is 0.00261 e. The summed E-state index contributed by atoms with van der Waals surface area (Å²) in [7, 11) is 0. The van der Waals surface area contributed by atoms with Gasteiger partial charge in [0.25, 0.3) is 0 Å². The summed E-state index contributed by atoms with van der Waals surface area (Å²) in [5.41, 5.74) is 17.0. The average Bonchev–Trinajstić information content (AvgIpc) is 3.33. The molecule has 0 unspecified atom stereocenters. The first kappa shape index (κ1) is 35.4. The molecule has 0 saturated heterocycles. The zero-order chi connectivity index (χ0) is 39.8. The molecule has 60 heavy (non-hydrogen) atoms. The van der Waals surface area contributed by atoms with Gasteiger partial charge in [0.2, 0.25) is 0 Å². The Morgan fingerprint density at radius 3 is 1.18 bits per heavy atom. The molecule has 0 saturated carbocycles. The van der Waals surface area contributed by atoms with E-state index >= 15 is 0 Å². The van der Waals surface area contributed by atoms with E-state index in [1.54, 1.807) is 0 Å². The second kappa shape index (κ2) is 15.2. The summed E-state index contributed by atoms with van der Waals surface area (Å²) in [6, 6.07) is 88.8. The van der Waals surface area contributed by atoms with Gasteiger partial charge in [-0.2, -0.15) is 0 Å². The first-order chi connectivity index (χ1) is 29.7. The third-order valence-electron chi connectivity index (χ3n) is 12.1. The Morgan fingerprint density at radius 1 is 0.167 bits per heavy atom. The number of hydrogen-bond donors (Lipinski definition) is 0. The Morgan fingerprint density at radius 2 is 0.567 bits per heavy atom. The predicted molar refractivity (Wildman–Crippen MR) is 257 cm³/mol. The molecule has 11 rings (SSSR count). The van der Waals surface area contributed by atoms with Crippen molar-refractivity contribution in [3.8, 4) is 77.9 Å². The highest BCUT2D eigenvalue weighted by Gasteiger charge is 2.19. The minimum Gasteiger partial charge on any atom is -0.0622 e. The lowest BCUT2D eigenvalue weighted by Crippen LogP contribution is -1.93. The van der Waals surface area contributed by atoms with Crippen molar-refractivity contribution in [3.05, 3.63) is 243 Å². The normalized spacial score (nSPS) is 11.3. The van der Waals surface area contributed by atoms with E-state index < -0.39 is 0 Å². The summed E-state index contributed by atoms with van der Waals surface area (Å²) in [5, 5.41) is 7.54. The second-order valence-corrected chi connectivity index (χ2v) is 15.6. The maximum absolute atomic E-state index is 2.43. The van der Waals surface area contributed by atoms with Crippen LogP contribution in [0.1, 0.15) is 0 Å². The van der Waals surface area contributed by atoms with Gasteiger partial charge in [0.15, 0.2) is 0 Å². The summed E-state index contributed by atoms with van der Waals surface area (Å²) >= 11 is 0. The van der Waals surface area contributed by atoms with E-state index in [-0.39, 0.29) is 0 Å². The largest absolute Gasteiger partial charge is 0.0622 e. The van der Waals surface area contributed by atoms with Gasteiger partial charge < -0.3 is 0 Å². The van der Waals surface area contributed by atoms with E-state index in [9.17, 15) is 0 Å². The molecule has 0 radical (unpaired) electrons. The molecule has 0 aliphatic carbocycles. The molecule has 11 aromatic rings. The van der Waals surface area contributed by atoms with Crippen LogP contribution in [0.15, 0.2) is 243 Å². The number of rotatable bonds is 7. The van der Waals surface area contributed by atoms with Crippen LogP contribution in [-0.2, 0) is 0 Å². The predicted octanol–water partition coefficient (Wildman–Crippen LogP) is 16.8. The van der Waals surface area contributed by atoms with Gasteiger partial charge in [-0.15, -0.1) is 0 Å². The van der Waals surface area contributed by atoms with E-state index in [0.29, 0.717) is 0 Å². The highest BCUT2D eigenvalue weighted by molar-refractivity contribution is 6.21. The number of hydrogen-bond acceptors (Lipinski definition) is 0. The van der Waals surface area contributed by atoms with Crippen molar-refractivity contribution >= 4 is 32.3 Å². The quantitative estimate of drug-likeness (QED) is 0.142. The Bertz CT molecular complexity index is 3260. The van der Waals surface area contributed by atoms with Crippen LogP contribution in [-0.4, -0.2) is 0 Å². The van der Waals surface area contributed by atoms with Gasteiger partial charge in [-0.1, -0.05) is 224 Å². The molecule has 0 aliphatic heterocycles. The molecule has 0 fully saturated rings. The fraction of sp³-hybridized carbons (Fsp3) is 0. The number of fused-ring (bicyclic) bond motifs is 3. The van der Waals surface area contributed by atoms with Gasteiger partial charge in [0.1, 0.15) is 0 Å². The fourth-order valence-electron chi connectivity index (χ4n) is 9.11. The maximum Gasteiger partial charge on any atom is -0.00261 e. The van der Waals surface area contributed by atoms with Crippen LogP contribution in [0.4, 0.5) is 0 Å². The molecule has 0 aliphatic rings. The lowest BCUT2D eigenvalue weighted by atomic mass is 9.84. The lowest BCUT2D eigenvalue weighted by molar-refractivity contribution is 1.55. The van der Waals surface area contributed by atoms with Gasteiger partial charge in [-0.05, 0) is 128 Å². The molecule has 0 bridgehead atoms. The average molecular weight is 761 g/mol. The lowest BCUT2D eigenvalue weighted by Gasteiger charge is -2.19. The Labute approximate surface area is 351 Å². The summed E-state index contributed by atoms with van der Waals surface area (Å²) in [5.74, 6) is 0. The summed E-state index contributed by atoms with van der Waals surface area (Å²) in [4.78, 5) is 0. The zero-order valence-electron chi connectivity index (χ0n) is 33.1. The summed E-state index contributed by atoms with van der Waals surface area (Å²) in [6.45, 7) is 0. The van der Waals surface area contributed by atoms with Gasteiger partial charge in [0.05, 0.1) is 0 Å². The third kappa shape index (κ3) is 6.46. The van der Waals surface area contributed by atoms with Gasteiger partial charge >= 0.3 is 0 Å². The minimum absolute atomic E-state index is 1.18. The highest BCUT2D eigenvalue weighted by Crippen LogP contribution is 2.46. The molecule has 0 atom stereocenters. The number of benzene rings is 11. The minimum atomic E-state index is 1.18. The molecule has 0 N–H and O–H groups in total. The van der Waals surface area contributed by atoms with Crippen LogP contribution in [0.25, 0.3) is 110 Å². The Balaban J connectivity index is 1.07. The van der Waals surface area contributed by atoms with E-state index in [1.807, 2.05) is 0 Å². The SMILES string of the molecule is c1ccc(-c2ccc(-c3ccc(-c4c5ccccc5c(-c5ccccc5)c5ccccc45)cc3-c3cccc(-c4ccc(-c5ccc6ccccc6c5)cc4)c3)cc2)cc1. The van der Waals surface area contributed by atoms with E-state index in [4.69, 9.17) is 0 Å². The Hall–Kier alpha value is -7.80. The van der Waals surface area contributed by atoms with Crippen molar-refractivity contribution in [1.29, 1.82) is 0 Å². The first-order valence-corrected chi connectivity index (χ1v) is 20.7. The van der Waals surface area contributed by atoms with Gasteiger partial charge in [-0.3, -0.25) is 0 Å². The molecule has 0 nitrogen and oxygen atoms in total. The molecular weight excluding hydrogens is 721 g/mol. The van der Waals surface area contributed by atoms with Crippen molar-refractivity contribution in [2.24, 2.45) is 0 Å². The van der Waals surface area contributed by atoms with Crippen LogP contribution >= 0.6 is 0 Å². The second-order valence-electron chi connectivity index (χ2n) is 15.6. The first-order valence-electron chi connectivity index (χ1n) is 20.7. The van der Waals surface area contributed by atoms with Crippen LogP contribution in [0.5, 0.6) is 0 Å². The third-order valence-corrected chi connectivity index (χ3v) is 12.1. The topological polar surface area (TPSA) is 0 Å². The fourth-order valence-corrected chi connectivity index (χ4v) is 9.11. The van der Waals surface area contributed by atoms with Crippen LogP contribution in [0, 0.1) is 0 Å². The summed E-state index contributed by atoms with van der Waals surface area (Å²) < 4.78 is 0. The molecule has 11 aromatic carbocycles. The molecule has 0 aromatic heterocycles. The molecule has 0 heteroatoms. The molecule has 0 spiro atoms. The monoisotopic (exact) mass is 760 g/mol. The van der Waals surface area contributed by atoms with Crippen molar-refractivity contribution in [3.63, 3.8) is 0 Å². The Kier molecular flexibility index (Phi) is 8.95. The summed E-state index contributed by atoms with van der Waals surface area (Å²) in [6.07, 6.45) is 0. The van der Waals surface area contributed by atoms with E-state index in [2.05, 4.69) is 243 Å². The van der Waals surface area contributed by atoms with Crippen molar-refractivity contribution in [2.75, 3.05) is 0 Å². The van der Waals surface area contributed by atoms with Crippen LogP contribution in [0.3, 0.4) is 0 Å². The van der Waals surface area contributed by atoms with Crippen molar-refractivity contribution < 1.29 is 0 Å². The molecule has 280 valence electrons. The highest BCUT2D eigenvalue weighted by atomic mass is 14.2. The van der Waals surface area contributed by atoms with Crippen LogP contribution in [0.2, 0.25) is 0 Å².